The van der Waals surface area contributed by atoms with Crippen LogP contribution in [-0.2, 0) is 21.2 Å². The smallest absolute Gasteiger partial charge is 0.238 e. The van der Waals surface area contributed by atoms with Gasteiger partial charge in [-0.25, -0.2) is 8.42 Å². The number of hydrogen-bond acceptors (Lipinski definition) is 4. The predicted octanol–water partition coefficient (Wildman–Crippen LogP) is 1.54. The standard InChI is InChI=1S/C17H26N2O3S/c1-3-11-23(21,22)14-17(20)19-10-9-18(12-15(19)2)13-16-7-5-4-6-8-16/h4-8,15H,3,9-14H2,1-2H3/t15-/m1/s1. The third kappa shape index (κ3) is 5.32. The molecular formula is C17H26N2O3S. The summed E-state index contributed by atoms with van der Waals surface area (Å²) in [6.45, 7) is 6.80. The van der Waals surface area contributed by atoms with Gasteiger partial charge in [0.1, 0.15) is 5.75 Å². The zero-order chi connectivity index (χ0) is 16.9. The Kier molecular flexibility index (Phi) is 6.18. The number of benzene rings is 1. The van der Waals surface area contributed by atoms with E-state index < -0.39 is 9.84 Å². The molecule has 0 radical (unpaired) electrons. The van der Waals surface area contributed by atoms with Gasteiger partial charge in [0.2, 0.25) is 5.91 Å². The minimum absolute atomic E-state index is 0.0387. The molecule has 5 nitrogen and oxygen atoms in total. The first kappa shape index (κ1) is 17.9. The molecule has 1 aromatic rings. The van der Waals surface area contributed by atoms with E-state index in [0.717, 1.165) is 19.6 Å². The Morgan fingerprint density at radius 3 is 2.52 bits per heavy atom. The van der Waals surface area contributed by atoms with E-state index in [1.165, 1.54) is 5.56 Å². The average Bonchev–Trinajstić information content (AvgIpc) is 2.47. The van der Waals surface area contributed by atoms with E-state index >= 15 is 0 Å². The molecule has 0 aliphatic carbocycles. The molecule has 0 N–H and O–H groups in total. The van der Waals surface area contributed by atoms with E-state index in [1.54, 1.807) is 4.90 Å². The molecular weight excluding hydrogens is 312 g/mol. The van der Waals surface area contributed by atoms with Gasteiger partial charge in [-0.05, 0) is 18.9 Å². The van der Waals surface area contributed by atoms with E-state index in [9.17, 15) is 13.2 Å². The van der Waals surface area contributed by atoms with Gasteiger partial charge in [-0.15, -0.1) is 0 Å². The van der Waals surface area contributed by atoms with E-state index in [1.807, 2.05) is 32.0 Å². The molecule has 0 bridgehead atoms. The minimum Gasteiger partial charge on any atom is -0.337 e. The number of sulfone groups is 1. The molecule has 1 saturated heterocycles. The van der Waals surface area contributed by atoms with Crippen molar-refractivity contribution in [3.63, 3.8) is 0 Å². The van der Waals surface area contributed by atoms with Gasteiger partial charge in [-0.1, -0.05) is 37.3 Å². The van der Waals surface area contributed by atoms with Crippen LogP contribution in [0, 0.1) is 0 Å². The average molecular weight is 338 g/mol. The van der Waals surface area contributed by atoms with Crippen LogP contribution in [0.5, 0.6) is 0 Å². The van der Waals surface area contributed by atoms with Crippen LogP contribution in [0.1, 0.15) is 25.8 Å². The Morgan fingerprint density at radius 2 is 1.91 bits per heavy atom. The van der Waals surface area contributed by atoms with Gasteiger partial charge in [-0.3, -0.25) is 9.69 Å². The van der Waals surface area contributed by atoms with E-state index in [2.05, 4.69) is 17.0 Å². The number of nitrogens with zero attached hydrogens (tertiary/aromatic N) is 2. The highest BCUT2D eigenvalue weighted by Gasteiger charge is 2.29. The Hall–Kier alpha value is -1.40. The van der Waals surface area contributed by atoms with Gasteiger partial charge in [0.15, 0.2) is 9.84 Å². The molecule has 0 spiro atoms. The SMILES string of the molecule is CCCS(=O)(=O)CC(=O)N1CCN(Cc2ccccc2)C[C@H]1C. The summed E-state index contributed by atoms with van der Waals surface area (Å²) in [4.78, 5) is 16.3. The quantitative estimate of drug-likeness (QED) is 0.789. The first-order valence-electron chi connectivity index (χ1n) is 8.17. The molecule has 1 heterocycles. The fourth-order valence-corrected chi connectivity index (χ4v) is 4.35. The van der Waals surface area contributed by atoms with Crippen LogP contribution < -0.4 is 0 Å². The lowest BCUT2D eigenvalue weighted by molar-refractivity contribution is -0.132. The molecule has 2 rings (SSSR count). The number of amides is 1. The van der Waals surface area contributed by atoms with Crippen LogP contribution in [0.2, 0.25) is 0 Å². The highest BCUT2D eigenvalue weighted by atomic mass is 32.2. The van der Waals surface area contributed by atoms with Crippen LogP contribution in [0.25, 0.3) is 0 Å². The van der Waals surface area contributed by atoms with Crippen molar-refractivity contribution in [1.29, 1.82) is 0 Å². The molecule has 0 saturated carbocycles. The monoisotopic (exact) mass is 338 g/mol. The highest BCUT2D eigenvalue weighted by Crippen LogP contribution is 2.14. The molecule has 23 heavy (non-hydrogen) atoms. The molecule has 1 amide bonds. The zero-order valence-electron chi connectivity index (χ0n) is 13.9. The topological polar surface area (TPSA) is 57.7 Å². The first-order chi connectivity index (χ1) is 10.9. The summed E-state index contributed by atoms with van der Waals surface area (Å²) in [6.07, 6.45) is 0.552. The lowest BCUT2D eigenvalue weighted by Gasteiger charge is -2.40. The van der Waals surface area contributed by atoms with Crippen molar-refractivity contribution in [2.24, 2.45) is 0 Å². The first-order valence-corrected chi connectivity index (χ1v) is 9.99. The number of piperazine rings is 1. The molecule has 1 atom stereocenters. The molecule has 0 unspecified atom stereocenters. The fraction of sp³-hybridized carbons (Fsp3) is 0.588. The van der Waals surface area contributed by atoms with E-state index in [4.69, 9.17) is 0 Å². The molecule has 1 aromatic carbocycles. The third-order valence-electron chi connectivity index (χ3n) is 4.14. The second-order valence-electron chi connectivity index (χ2n) is 6.25. The van der Waals surface area contributed by atoms with Gasteiger partial charge in [0.25, 0.3) is 0 Å². The number of rotatable bonds is 6. The van der Waals surface area contributed by atoms with Gasteiger partial charge in [0.05, 0.1) is 5.75 Å². The molecule has 1 fully saturated rings. The zero-order valence-corrected chi connectivity index (χ0v) is 14.8. The van der Waals surface area contributed by atoms with Crippen LogP contribution in [0.3, 0.4) is 0 Å². The van der Waals surface area contributed by atoms with Gasteiger partial charge >= 0.3 is 0 Å². The van der Waals surface area contributed by atoms with E-state index in [0.29, 0.717) is 13.0 Å². The summed E-state index contributed by atoms with van der Waals surface area (Å²) in [6, 6.07) is 10.3. The summed E-state index contributed by atoms with van der Waals surface area (Å²) in [7, 11) is -3.27. The summed E-state index contributed by atoms with van der Waals surface area (Å²) >= 11 is 0. The molecule has 1 aliphatic heterocycles. The Balaban J connectivity index is 1.90. The maximum absolute atomic E-state index is 12.3. The van der Waals surface area contributed by atoms with Gasteiger partial charge < -0.3 is 4.90 Å². The van der Waals surface area contributed by atoms with Crippen molar-refractivity contribution < 1.29 is 13.2 Å². The van der Waals surface area contributed by atoms with Gasteiger partial charge in [0, 0.05) is 32.2 Å². The lowest BCUT2D eigenvalue weighted by atomic mass is 10.1. The highest BCUT2D eigenvalue weighted by molar-refractivity contribution is 7.92. The van der Waals surface area contributed by atoms with Crippen molar-refractivity contribution >= 4 is 15.7 Å². The maximum atomic E-state index is 12.3. The Bertz CT molecular complexity index is 616. The van der Waals surface area contributed by atoms with Crippen LogP contribution in [0.4, 0.5) is 0 Å². The van der Waals surface area contributed by atoms with Crippen LogP contribution in [0.15, 0.2) is 30.3 Å². The second kappa shape index (κ2) is 7.93. The van der Waals surface area contributed by atoms with Crippen molar-refractivity contribution in [1.82, 2.24) is 9.80 Å². The van der Waals surface area contributed by atoms with Gasteiger partial charge in [-0.2, -0.15) is 0 Å². The number of hydrogen-bond donors (Lipinski definition) is 0. The Labute approximate surface area is 139 Å². The van der Waals surface area contributed by atoms with Crippen molar-refractivity contribution in [2.75, 3.05) is 31.1 Å². The second-order valence-corrected chi connectivity index (χ2v) is 8.43. The third-order valence-corrected chi connectivity index (χ3v) is 5.86. The van der Waals surface area contributed by atoms with E-state index in [-0.39, 0.29) is 23.5 Å². The summed E-state index contributed by atoms with van der Waals surface area (Å²) in [5.41, 5.74) is 1.25. The largest absolute Gasteiger partial charge is 0.337 e. The van der Waals surface area contributed by atoms with Crippen LogP contribution in [-0.4, -0.2) is 61.3 Å². The number of carbonyl (C=O) groups is 1. The minimum atomic E-state index is -3.27. The lowest BCUT2D eigenvalue weighted by Crippen LogP contribution is -2.54. The van der Waals surface area contributed by atoms with Crippen molar-refractivity contribution in [2.45, 2.75) is 32.9 Å². The molecule has 6 heteroatoms. The summed E-state index contributed by atoms with van der Waals surface area (Å²) in [5.74, 6) is -0.532. The normalized spacial score (nSPS) is 19.7. The summed E-state index contributed by atoms with van der Waals surface area (Å²) < 4.78 is 23.7. The predicted molar refractivity (Wildman–Crippen MR) is 91.8 cm³/mol. The fourth-order valence-electron chi connectivity index (χ4n) is 3.04. The Morgan fingerprint density at radius 1 is 1.22 bits per heavy atom. The summed E-state index contributed by atoms with van der Waals surface area (Å²) in [5, 5.41) is 0. The molecule has 0 aromatic heterocycles. The van der Waals surface area contributed by atoms with Crippen LogP contribution >= 0.6 is 0 Å². The maximum Gasteiger partial charge on any atom is 0.238 e. The molecule has 128 valence electrons. The van der Waals surface area contributed by atoms with Crippen molar-refractivity contribution in [3.8, 4) is 0 Å². The molecule has 1 aliphatic rings. The van der Waals surface area contributed by atoms with Crippen molar-refractivity contribution in [3.05, 3.63) is 35.9 Å². The number of carbonyl (C=O) groups excluding carboxylic acids is 1.